The van der Waals surface area contributed by atoms with Crippen molar-refractivity contribution in [3.8, 4) is 11.3 Å². The van der Waals surface area contributed by atoms with Gasteiger partial charge in [0.05, 0.1) is 11.7 Å². The summed E-state index contributed by atoms with van der Waals surface area (Å²) in [6, 6.07) is 5.83. The normalized spacial score (nSPS) is 11.0. The van der Waals surface area contributed by atoms with E-state index in [2.05, 4.69) is 15.1 Å². The second kappa shape index (κ2) is 3.96. The number of nitrogens with zero attached hydrogens (tertiary/aromatic N) is 4. The number of halogens is 1. The predicted molar refractivity (Wildman–Crippen MR) is 71.2 cm³/mol. The number of nitrogen functional groups attached to an aromatic ring is 1. The fraction of sp³-hybridized carbons (Fsp3) is 0.0833. The van der Waals surface area contributed by atoms with Crippen LogP contribution in [0.25, 0.3) is 22.2 Å². The molecule has 3 rings (SSSR count). The van der Waals surface area contributed by atoms with Crippen LogP contribution in [0.3, 0.4) is 0 Å². The largest absolute Gasteiger partial charge is 0.382 e. The average molecular weight is 260 g/mol. The van der Waals surface area contributed by atoms with Gasteiger partial charge in [0, 0.05) is 24.2 Å². The van der Waals surface area contributed by atoms with Gasteiger partial charge >= 0.3 is 0 Å². The Morgan fingerprint density at radius 2 is 2.17 bits per heavy atom. The third-order valence-electron chi connectivity index (χ3n) is 2.64. The average Bonchev–Trinajstić information content (AvgIpc) is 2.68. The number of hydrogen-bond acceptors (Lipinski definition) is 4. The first-order valence-corrected chi connectivity index (χ1v) is 5.73. The lowest BCUT2D eigenvalue weighted by molar-refractivity contribution is 0.780. The number of hydrogen-bond donors (Lipinski definition) is 1. The molecule has 6 heteroatoms. The van der Waals surface area contributed by atoms with Gasteiger partial charge in [-0.25, -0.2) is 9.97 Å². The van der Waals surface area contributed by atoms with Crippen molar-refractivity contribution < 1.29 is 0 Å². The highest BCUT2D eigenvalue weighted by Crippen LogP contribution is 2.27. The monoisotopic (exact) mass is 259 g/mol. The number of anilines is 1. The van der Waals surface area contributed by atoms with Crippen LogP contribution in [0.1, 0.15) is 0 Å². The van der Waals surface area contributed by atoms with Crippen molar-refractivity contribution in [1.82, 2.24) is 19.7 Å². The summed E-state index contributed by atoms with van der Waals surface area (Å²) >= 11 is 6.05. The summed E-state index contributed by atoms with van der Waals surface area (Å²) in [6.07, 6.45) is 3.44. The van der Waals surface area contributed by atoms with Crippen LogP contribution >= 0.6 is 11.6 Å². The van der Waals surface area contributed by atoms with Crippen molar-refractivity contribution in [3.05, 3.63) is 35.7 Å². The predicted octanol–water partition coefficient (Wildman–Crippen LogP) is 2.27. The van der Waals surface area contributed by atoms with Gasteiger partial charge < -0.3 is 5.73 Å². The Kier molecular flexibility index (Phi) is 2.41. The van der Waals surface area contributed by atoms with Gasteiger partial charge in [0.25, 0.3) is 0 Å². The van der Waals surface area contributed by atoms with Crippen molar-refractivity contribution in [2.75, 3.05) is 5.73 Å². The van der Waals surface area contributed by atoms with Crippen LogP contribution in [0.4, 0.5) is 5.82 Å². The second-order valence-corrected chi connectivity index (χ2v) is 4.37. The van der Waals surface area contributed by atoms with E-state index >= 15 is 0 Å². The molecule has 0 aliphatic rings. The Bertz CT molecular complexity index is 734. The van der Waals surface area contributed by atoms with Crippen molar-refractivity contribution in [2.24, 2.45) is 7.05 Å². The molecule has 0 saturated heterocycles. The Labute approximate surface area is 108 Å². The molecule has 2 heterocycles. The van der Waals surface area contributed by atoms with Crippen LogP contribution in [0, 0.1) is 0 Å². The molecule has 0 radical (unpaired) electrons. The van der Waals surface area contributed by atoms with Gasteiger partial charge in [-0.15, -0.1) is 0 Å². The van der Waals surface area contributed by atoms with Gasteiger partial charge in [-0.05, 0) is 12.1 Å². The lowest BCUT2D eigenvalue weighted by Gasteiger charge is -2.03. The molecule has 2 aromatic heterocycles. The fourth-order valence-corrected chi connectivity index (χ4v) is 2.12. The van der Waals surface area contributed by atoms with Gasteiger partial charge in [-0.2, -0.15) is 5.10 Å². The number of aryl methyl sites for hydroxylation is 1. The molecule has 0 spiro atoms. The maximum absolute atomic E-state index is 6.05. The van der Waals surface area contributed by atoms with E-state index in [0.29, 0.717) is 16.7 Å². The van der Waals surface area contributed by atoms with Crippen molar-refractivity contribution in [2.45, 2.75) is 0 Å². The first kappa shape index (κ1) is 11.0. The van der Waals surface area contributed by atoms with E-state index in [1.165, 1.54) is 6.20 Å². The molecule has 18 heavy (non-hydrogen) atoms. The highest BCUT2D eigenvalue weighted by Gasteiger charge is 2.08. The number of aromatic nitrogens is 4. The lowest BCUT2D eigenvalue weighted by atomic mass is 10.1. The molecule has 0 aliphatic heterocycles. The van der Waals surface area contributed by atoms with Gasteiger partial charge in [0.1, 0.15) is 11.5 Å². The molecule has 3 aromatic rings. The van der Waals surface area contributed by atoms with Gasteiger partial charge in [0.15, 0.2) is 5.15 Å². The maximum atomic E-state index is 6.05. The van der Waals surface area contributed by atoms with Crippen LogP contribution < -0.4 is 5.73 Å². The SMILES string of the molecule is Cn1cc2cc(-c3ncc(N)nc3Cl)ccc2n1. The summed E-state index contributed by atoms with van der Waals surface area (Å²) in [5.41, 5.74) is 7.98. The lowest BCUT2D eigenvalue weighted by Crippen LogP contribution is -1.94. The summed E-state index contributed by atoms with van der Waals surface area (Å²) in [5.74, 6) is 0.311. The molecule has 0 bridgehead atoms. The molecule has 0 fully saturated rings. The van der Waals surface area contributed by atoms with E-state index < -0.39 is 0 Å². The zero-order valence-corrected chi connectivity index (χ0v) is 10.4. The molecule has 0 saturated carbocycles. The summed E-state index contributed by atoms with van der Waals surface area (Å²) in [6.45, 7) is 0. The van der Waals surface area contributed by atoms with Gasteiger partial charge in [-0.3, -0.25) is 4.68 Å². The number of nitrogens with two attached hydrogens (primary N) is 1. The summed E-state index contributed by atoms with van der Waals surface area (Å²) in [4.78, 5) is 8.21. The first-order chi connectivity index (χ1) is 8.63. The molecule has 0 unspecified atom stereocenters. The van der Waals surface area contributed by atoms with E-state index in [1.54, 1.807) is 4.68 Å². The summed E-state index contributed by atoms with van der Waals surface area (Å²) in [7, 11) is 1.88. The number of benzene rings is 1. The zero-order chi connectivity index (χ0) is 12.7. The minimum Gasteiger partial charge on any atom is -0.382 e. The van der Waals surface area contributed by atoms with E-state index in [4.69, 9.17) is 17.3 Å². The van der Waals surface area contributed by atoms with Crippen LogP contribution in [-0.4, -0.2) is 19.7 Å². The van der Waals surface area contributed by atoms with Crippen LogP contribution in [0.15, 0.2) is 30.6 Å². The van der Waals surface area contributed by atoms with Gasteiger partial charge in [0.2, 0.25) is 0 Å². The fourth-order valence-electron chi connectivity index (χ4n) is 1.87. The van der Waals surface area contributed by atoms with E-state index in [-0.39, 0.29) is 0 Å². The van der Waals surface area contributed by atoms with E-state index in [0.717, 1.165) is 16.5 Å². The molecular weight excluding hydrogens is 250 g/mol. The summed E-state index contributed by atoms with van der Waals surface area (Å²) in [5, 5.41) is 5.65. The highest BCUT2D eigenvalue weighted by molar-refractivity contribution is 6.31. The minimum absolute atomic E-state index is 0.304. The quantitative estimate of drug-likeness (QED) is 0.728. The van der Waals surface area contributed by atoms with E-state index in [9.17, 15) is 0 Å². The maximum Gasteiger partial charge on any atom is 0.157 e. The zero-order valence-electron chi connectivity index (χ0n) is 9.63. The van der Waals surface area contributed by atoms with Crippen LogP contribution in [0.5, 0.6) is 0 Å². The van der Waals surface area contributed by atoms with Crippen LogP contribution in [0.2, 0.25) is 5.15 Å². The van der Waals surface area contributed by atoms with Crippen molar-refractivity contribution >= 4 is 28.3 Å². The molecular formula is C12H10ClN5. The highest BCUT2D eigenvalue weighted by atomic mass is 35.5. The topological polar surface area (TPSA) is 69.6 Å². The van der Waals surface area contributed by atoms with Crippen molar-refractivity contribution in [3.63, 3.8) is 0 Å². The third kappa shape index (κ3) is 1.78. The van der Waals surface area contributed by atoms with Crippen LogP contribution in [-0.2, 0) is 7.05 Å². The molecule has 0 amide bonds. The molecule has 2 N–H and O–H groups in total. The number of rotatable bonds is 1. The Balaban J connectivity index is 2.18. The standard InChI is InChI=1S/C12H10ClN5/c1-18-6-8-4-7(2-3-9(8)17-18)11-12(13)16-10(14)5-15-11/h2-6H,1H3,(H2,14,16). The Hall–Kier alpha value is -2.14. The first-order valence-electron chi connectivity index (χ1n) is 5.35. The molecule has 5 nitrogen and oxygen atoms in total. The summed E-state index contributed by atoms with van der Waals surface area (Å²) < 4.78 is 1.77. The molecule has 0 aliphatic carbocycles. The smallest absolute Gasteiger partial charge is 0.157 e. The van der Waals surface area contributed by atoms with Crippen molar-refractivity contribution in [1.29, 1.82) is 0 Å². The number of fused-ring (bicyclic) bond motifs is 1. The molecule has 1 aromatic carbocycles. The Morgan fingerprint density at radius 1 is 1.33 bits per heavy atom. The second-order valence-electron chi connectivity index (χ2n) is 4.01. The van der Waals surface area contributed by atoms with E-state index in [1.807, 2.05) is 31.4 Å². The molecule has 90 valence electrons. The Morgan fingerprint density at radius 3 is 2.94 bits per heavy atom. The third-order valence-corrected chi connectivity index (χ3v) is 2.90. The molecule has 0 atom stereocenters. The minimum atomic E-state index is 0.304. The van der Waals surface area contributed by atoms with Gasteiger partial charge in [-0.1, -0.05) is 17.7 Å².